The molecule has 0 spiro atoms. The average molecular weight is 715 g/mol. The van der Waals surface area contributed by atoms with Gasteiger partial charge in [-0.15, -0.1) is 22.7 Å². The van der Waals surface area contributed by atoms with Crippen LogP contribution in [0.5, 0.6) is 0 Å². The van der Waals surface area contributed by atoms with Crippen molar-refractivity contribution in [3.05, 3.63) is 21.5 Å². The number of amides is 3. The molecule has 7 N–H and O–H groups in total. The van der Waals surface area contributed by atoms with Crippen LogP contribution in [0.1, 0.15) is 42.7 Å². The molecule has 11 nitrogen and oxygen atoms in total. The van der Waals surface area contributed by atoms with Crippen molar-refractivity contribution < 1.29 is 48.6 Å². The lowest BCUT2D eigenvalue weighted by molar-refractivity contribution is -0.135. The summed E-state index contributed by atoms with van der Waals surface area (Å²) in [7, 11) is 0.354. The molecular weight excluding hydrogens is 675 g/mol. The maximum atomic E-state index is 12.6. The highest BCUT2D eigenvalue weighted by Gasteiger charge is 2.31. The fourth-order valence-electron chi connectivity index (χ4n) is 3.38. The van der Waals surface area contributed by atoms with Crippen LogP contribution in [0, 0.1) is 5.92 Å². The predicted molar refractivity (Wildman–Crippen MR) is 153 cm³/mol. The topological polar surface area (TPSA) is 180 Å². The molecule has 2 heterocycles. The molecule has 0 aliphatic heterocycles. The van der Waals surface area contributed by atoms with E-state index >= 15 is 0 Å². The third kappa shape index (κ3) is 11.6. The van der Waals surface area contributed by atoms with Gasteiger partial charge in [0.1, 0.15) is 28.2 Å². The highest BCUT2D eigenvalue weighted by molar-refractivity contribution is 7.95. The smallest absolute Gasteiger partial charge is 0.270 e. The lowest BCUT2D eigenvalue weighted by Crippen LogP contribution is -3.00. The second kappa shape index (κ2) is 17.4. The van der Waals surface area contributed by atoms with Crippen LogP contribution in [0.25, 0.3) is 10.7 Å². The summed E-state index contributed by atoms with van der Waals surface area (Å²) in [4.78, 5) is 46.3. The number of nitrogens with zero attached hydrogens (tertiary/aromatic N) is 2. The van der Waals surface area contributed by atoms with Gasteiger partial charge in [-0.25, -0.2) is 9.97 Å². The van der Waals surface area contributed by atoms with Crippen LogP contribution in [0.15, 0.2) is 10.8 Å². The molecule has 3 amide bonds. The van der Waals surface area contributed by atoms with E-state index < -0.39 is 42.0 Å². The Morgan fingerprint density at radius 3 is 2.33 bits per heavy atom. The van der Waals surface area contributed by atoms with Gasteiger partial charge >= 0.3 is 0 Å². The number of aliphatic hydroxyl groups is 2. The molecule has 0 unspecified atom stereocenters. The van der Waals surface area contributed by atoms with E-state index in [1.807, 2.05) is 5.38 Å². The van der Waals surface area contributed by atoms with E-state index in [0.717, 1.165) is 17.2 Å². The molecule has 0 fully saturated rings. The van der Waals surface area contributed by atoms with Crippen LogP contribution in [-0.2, 0) is 26.9 Å². The van der Waals surface area contributed by atoms with E-state index in [0.29, 0.717) is 40.3 Å². The summed E-state index contributed by atoms with van der Waals surface area (Å²) >= 11 is 2.76. The third-order valence-corrected chi connectivity index (χ3v) is 8.57. The van der Waals surface area contributed by atoms with Gasteiger partial charge in [0.2, 0.25) is 11.8 Å². The van der Waals surface area contributed by atoms with Gasteiger partial charge in [-0.3, -0.25) is 14.4 Å². The molecule has 0 aromatic carbocycles. The van der Waals surface area contributed by atoms with E-state index in [1.165, 1.54) is 36.5 Å². The summed E-state index contributed by atoms with van der Waals surface area (Å²) in [6.45, 7) is 5.35. The van der Waals surface area contributed by atoms with Crippen LogP contribution >= 0.6 is 22.7 Å². The van der Waals surface area contributed by atoms with E-state index in [2.05, 4.69) is 38.4 Å². The molecule has 0 saturated carbocycles. The number of nitrogens with two attached hydrogens (primary N) is 1. The Bertz CT molecular complexity index is 1060. The van der Waals surface area contributed by atoms with Gasteiger partial charge in [0.15, 0.2) is 0 Å². The number of halogens is 1. The zero-order valence-corrected chi connectivity index (χ0v) is 27.4. The van der Waals surface area contributed by atoms with Gasteiger partial charge < -0.3 is 55.9 Å². The van der Waals surface area contributed by atoms with Gasteiger partial charge in [-0.2, -0.15) is 0 Å². The normalized spacial score (nSPS) is 15.0. The zero-order valence-electron chi connectivity index (χ0n) is 22.8. The highest BCUT2D eigenvalue weighted by Crippen LogP contribution is 2.25. The van der Waals surface area contributed by atoms with Crippen molar-refractivity contribution in [1.82, 2.24) is 25.9 Å². The molecule has 39 heavy (non-hydrogen) atoms. The van der Waals surface area contributed by atoms with E-state index in [1.54, 1.807) is 12.3 Å². The van der Waals surface area contributed by atoms with Crippen LogP contribution in [0.3, 0.4) is 0 Å². The van der Waals surface area contributed by atoms with E-state index in [9.17, 15) is 24.6 Å². The van der Waals surface area contributed by atoms with Gasteiger partial charge in [0.05, 0.1) is 35.6 Å². The van der Waals surface area contributed by atoms with Crippen LogP contribution < -0.4 is 45.7 Å². The number of hydrogen-bond acceptors (Lipinski definition) is 10. The first kappa shape index (κ1) is 35.7. The zero-order chi connectivity index (χ0) is 28.4. The minimum atomic E-state index is -1.18. The van der Waals surface area contributed by atoms with Gasteiger partial charge in [-0.05, 0) is 24.7 Å². The standard InChI is InChI=1S/C24H38N6O5S3.HI/c1-13(20(32)14(2)25)21(33)30-19(15(3)31)23(35)27-9-7-18-28-17(12-36-18)24-29-16(11-37-24)22(34)26-8-6-10-38(4)5;/h11-15,19-20,31-32H,6-10,25H2,1-5H3,(H2-,26,27,30,33,34,35);1H/t13-,14+,15+,19-,20-;/m0./s1. The number of aliphatic hydroxyl groups excluding tert-OH is 2. The van der Waals surface area contributed by atoms with Crippen LogP contribution in [-0.4, -0.2) is 93.5 Å². The molecule has 0 aliphatic rings. The van der Waals surface area contributed by atoms with E-state index in [4.69, 9.17) is 5.73 Å². The molecule has 0 radical (unpaired) electrons. The molecule has 2 aromatic rings. The van der Waals surface area contributed by atoms with Gasteiger partial charge in [0, 0.05) is 42.7 Å². The Kier molecular flexibility index (Phi) is 15.9. The number of carbonyl (C=O) groups excluding carboxylic acids is 3. The SMILES string of the molecule is C[C@H](C(=O)N[C@H](C(=O)NCCc1nc(-c2nc(C(=O)NCCC[S+](C)C)cs2)cs1)[C@@H](C)O)[C@H](O)[C@@H](C)N.[I-]. The number of carbonyl (C=O) groups is 3. The molecule has 5 atom stereocenters. The van der Waals surface area contributed by atoms with Crippen LogP contribution in [0.4, 0.5) is 0 Å². The minimum Gasteiger partial charge on any atom is -1.00 e. The second-order valence-electron chi connectivity index (χ2n) is 9.37. The Hall–Kier alpha value is -1.37. The Balaban J connectivity index is 0.00000760. The summed E-state index contributed by atoms with van der Waals surface area (Å²) in [6.07, 6.45) is 3.50. The van der Waals surface area contributed by atoms with Crippen molar-refractivity contribution in [2.24, 2.45) is 11.7 Å². The Labute approximate surface area is 257 Å². The van der Waals surface area contributed by atoms with Gasteiger partial charge in [0.25, 0.3) is 5.91 Å². The quantitative estimate of drug-likeness (QED) is 0.0648. The van der Waals surface area contributed by atoms with Crippen molar-refractivity contribution in [2.75, 3.05) is 31.4 Å². The van der Waals surface area contributed by atoms with Crippen molar-refractivity contribution in [3.63, 3.8) is 0 Å². The van der Waals surface area contributed by atoms with Crippen molar-refractivity contribution >= 4 is 51.3 Å². The molecule has 15 heteroatoms. The second-order valence-corrected chi connectivity index (χ2v) is 13.6. The Morgan fingerprint density at radius 1 is 1.03 bits per heavy atom. The first-order valence-electron chi connectivity index (χ1n) is 12.3. The molecule has 0 saturated heterocycles. The third-order valence-electron chi connectivity index (χ3n) is 5.69. The Morgan fingerprint density at radius 2 is 1.72 bits per heavy atom. The largest absolute Gasteiger partial charge is 1.00 e. The minimum absolute atomic E-state index is 0. The van der Waals surface area contributed by atoms with Crippen molar-refractivity contribution in [1.29, 1.82) is 0 Å². The number of hydrogen-bond donors (Lipinski definition) is 6. The fourth-order valence-corrected chi connectivity index (χ4v) is 5.71. The number of nitrogens with one attached hydrogen (secondary N) is 3. The lowest BCUT2D eigenvalue weighted by Gasteiger charge is -2.26. The monoisotopic (exact) mass is 714 g/mol. The first-order chi connectivity index (χ1) is 17.9. The summed E-state index contributed by atoms with van der Waals surface area (Å²) in [5.74, 6) is -1.08. The maximum Gasteiger partial charge on any atom is 0.270 e. The maximum absolute atomic E-state index is 12.6. The number of rotatable bonds is 15. The number of thiazole rings is 2. The van der Waals surface area contributed by atoms with E-state index in [-0.39, 0.29) is 36.4 Å². The first-order valence-corrected chi connectivity index (χ1v) is 16.3. The fraction of sp³-hybridized carbons (Fsp3) is 0.625. The number of aromatic nitrogens is 2. The lowest BCUT2D eigenvalue weighted by atomic mass is 9.98. The molecule has 2 aromatic heterocycles. The summed E-state index contributed by atoms with van der Waals surface area (Å²) in [5, 5.41) is 33.1. The molecular formula is C24H39IN6O5S3. The summed E-state index contributed by atoms with van der Waals surface area (Å²) in [6, 6.07) is -1.80. The van der Waals surface area contributed by atoms with Crippen molar-refractivity contribution in [2.45, 2.75) is 57.9 Å². The predicted octanol–water partition coefficient (Wildman–Crippen LogP) is -2.86. The van der Waals surface area contributed by atoms with Crippen molar-refractivity contribution in [3.8, 4) is 10.7 Å². The molecule has 220 valence electrons. The molecule has 0 aliphatic carbocycles. The molecule has 2 rings (SSSR count). The summed E-state index contributed by atoms with van der Waals surface area (Å²) < 4.78 is 0. The molecule has 0 bridgehead atoms. The van der Waals surface area contributed by atoms with Crippen LogP contribution in [0.2, 0.25) is 0 Å². The average Bonchev–Trinajstić information content (AvgIpc) is 3.53. The highest BCUT2D eigenvalue weighted by atomic mass is 127. The summed E-state index contributed by atoms with van der Waals surface area (Å²) in [5.41, 5.74) is 6.68. The van der Waals surface area contributed by atoms with Gasteiger partial charge in [-0.1, -0.05) is 6.92 Å².